The molecule has 4 N–H and O–H groups in total. The van der Waals surface area contributed by atoms with E-state index in [1.54, 1.807) is 12.1 Å². The summed E-state index contributed by atoms with van der Waals surface area (Å²) in [6.45, 7) is 1.90. The number of anilines is 3. The maximum Gasteiger partial charge on any atom is 0.416 e. The van der Waals surface area contributed by atoms with Gasteiger partial charge in [-0.1, -0.05) is 17.7 Å². The Balaban J connectivity index is 1.58. The van der Waals surface area contributed by atoms with Crippen molar-refractivity contribution in [3.63, 3.8) is 0 Å². The Morgan fingerprint density at radius 3 is 2.52 bits per heavy atom. The number of urea groups is 1. The number of halogens is 5. The summed E-state index contributed by atoms with van der Waals surface area (Å²) in [5.74, 6) is -0.695. The van der Waals surface area contributed by atoms with Crippen LogP contribution >= 0.6 is 22.9 Å². The summed E-state index contributed by atoms with van der Waals surface area (Å²) < 4.78 is 52.5. The summed E-state index contributed by atoms with van der Waals surface area (Å²) in [5, 5.41) is 5.31. The van der Waals surface area contributed by atoms with Crippen LogP contribution in [0.3, 0.4) is 0 Å². The lowest BCUT2D eigenvalue weighted by atomic mass is 10.0. The third-order valence-corrected chi connectivity index (χ3v) is 6.07. The second kappa shape index (κ2) is 8.49. The van der Waals surface area contributed by atoms with Crippen molar-refractivity contribution in [1.29, 1.82) is 0 Å². The first kappa shape index (κ1) is 22.7. The zero-order valence-corrected chi connectivity index (χ0v) is 18.3. The van der Waals surface area contributed by atoms with Crippen LogP contribution in [0.15, 0.2) is 42.7 Å². The summed E-state index contributed by atoms with van der Waals surface area (Å²) in [6, 6.07) is 5.57. The molecule has 4 aromatic rings. The number of alkyl halides is 3. The number of nitrogens with two attached hydrogens (primary N) is 1. The molecule has 0 fully saturated rings. The number of rotatable bonds is 3. The number of aromatic nitrogens is 2. The second-order valence-electron chi connectivity index (χ2n) is 6.94. The molecule has 0 aliphatic heterocycles. The average molecular weight is 496 g/mol. The lowest BCUT2D eigenvalue weighted by Crippen LogP contribution is -2.21. The molecule has 0 bridgehead atoms. The maximum atomic E-state index is 13.9. The second-order valence-corrected chi connectivity index (χ2v) is 8.55. The monoisotopic (exact) mass is 495 g/mol. The number of carbonyl (C=O) groups excluding carboxylic acids is 1. The highest BCUT2D eigenvalue weighted by molar-refractivity contribution is 7.19. The van der Waals surface area contributed by atoms with Crippen molar-refractivity contribution >= 4 is 56.4 Å². The van der Waals surface area contributed by atoms with Gasteiger partial charge in [0.1, 0.15) is 22.8 Å². The van der Waals surface area contributed by atoms with Crippen LogP contribution in [0.2, 0.25) is 5.02 Å². The number of amides is 2. The fraction of sp³-hybridized carbons (Fsp3) is 0.0952. The Morgan fingerprint density at radius 1 is 1.09 bits per heavy atom. The van der Waals surface area contributed by atoms with E-state index in [-0.39, 0.29) is 10.7 Å². The van der Waals surface area contributed by atoms with E-state index in [1.807, 2.05) is 6.92 Å². The van der Waals surface area contributed by atoms with Crippen LogP contribution in [0.4, 0.5) is 39.5 Å². The Labute approximate surface area is 193 Å². The van der Waals surface area contributed by atoms with Crippen molar-refractivity contribution in [2.45, 2.75) is 13.1 Å². The van der Waals surface area contributed by atoms with Crippen LogP contribution in [-0.2, 0) is 6.18 Å². The first-order valence-corrected chi connectivity index (χ1v) is 10.5. The molecule has 0 saturated heterocycles. The van der Waals surface area contributed by atoms with E-state index in [0.717, 1.165) is 15.3 Å². The number of aryl methyl sites for hydroxylation is 1. The highest BCUT2D eigenvalue weighted by Gasteiger charge is 2.31. The number of nitrogen functional groups attached to an aromatic ring is 1. The van der Waals surface area contributed by atoms with Gasteiger partial charge in [0.05, 0.1) is 27.3 Å². The Kier molecular flexibility index (Phi) is 5.85. The van der Waals surface area contributed by atoms with Gasteiger partial charge in [-0.05, 0) is 42.8 Å². The zero-order chi connectivity index (χ0) is 23.9. The molecular formula is C21H14ClF4N5OS. The van der Waals surface area contributed by atoms with Gasteiger partial charge in [-0.3, -0.25) is 0 Å². The summed E-state index contributed by atoms with van der Waals surface area (Å²) in [5.41, 5.74) is 5.99. The molecule has 0 saturated carbocycles. The van der Waals surface area contributed by atoms with E-state index in [4.69, 9.17) is 17.3 Å². The lowest BCUT2D eigenvalue weighted by molar-refractivity contribution is -0.137. The molecule has 6 nitrogen and oxygen atoms in total. The Morgan fingerprint density at radius 2 is 1.82 bits per heavy atom. The molecule has 2 heterocycles. The van der Waals surface area contributed by atoms with Gasteiger partial charge < -0.3 is 16.4 Å². The summed E-state index contributed by atoms with van der Waals surface area (Å²) >= 11 is 7.77. The van der Waals surface area contributed by atoms with Gasteiger partial charge in [0.25, 0.3) is 0 Å². The molecule has 0 atom stereocenters. The van der Waals surface area contributed by atoms with E-state index in [2.05, 4.69) is 20.6 Å². The maximum absolute atomic E-state index is 13.9. The predicted molar refractivity (Wildman–Crippen MR) is 121 cm³/mol. The number of hydrogen-bond donors (Lipinski definition) is 3. The molecule has 0 radical (unpaired) electrons. The molecule has 12 heteroatoms. The van der Waals surface area contributed by atoms with E-state index in [1.165, 1.54) is 23.7 Å². The molecule has 0 spiro atoms. The fourth-order valence-electron chi connectivity index (χ4n) is 3.26. The summed E-state index contributed by atoms with van der Waals surface area (Å²) in [6.07, 6.45) is -3.30. The van der Waals surface area contributed by atoms with Gasteiger partial charge >= 0.3 is 12.2 Å². The van der Waals surface area contributed by atoms with E-state index in [9.17, 15) is 22.4 Å². The molecule has 0 aliphatic rings. The third-order valence-electron chi connectivity index (χ3n) is 4.74. The first-order chi connectivity index (χ1) is 15.5. The van der Waals surface area contributed by atoms with E-state index >= 15 is 0 Å². The zero-order valence-electron chi connectivity index (χ0n) is 16.7. The average Bonchev–Trinajstić information content (AvgIpc) is 3.07. The summed E-state index contributed by atoms with van der Waals surface area (Å²) in [4.78, 5) is 22.2. The normalized spacial score (nSPS) is 11.6. The molecule has 0 aliphatic carbocycles. The van der Waals surface area contributed by atoms with Crippen molar-refractivity contribution in [2.24, 2.45) is 0 Å². The van der Waals surface area contributed by atoms with Crippen molar-refractivity contribution in [3.8, 4) is 11.1 Å². The smallest absolute Gasteiger partial charge is 0.383 e. The highest BCUT2D eigenvalue weighted by Crippen LogP contribution is 2.41. The molecule has 2 aromatic heterocycles. The largest absolute Gasteiger partial charge is 0.416 e. The van der Waals surface area contributed by atoms with E-state index < -0.39 is 29.3 Å². The SMILES string of the molecule is Cc1sc2ncnc(N)c2c1-c1ccc(NC(=O)Nc2cc(C(F)(F)F)ccc2F)c(Cl)c1. The molecule has 2 amide bonds. The number of carbonyl (C=O) groups is 1. The van der Waals surface area contributed by atoms with Crippen LogP contribution in [-0.4, -0.2) is 16.0 Å². The van der Waals surface area contributed by atoms with E-state index in [0.29, 0.717) is 35.0 Å². The fourth-order valence-corrected chi connectivity index (χ4v) is 4.51. The number of benzene rings is 2. The van der Waals surface area contributed by atoms with Crippen molar-refractivity contribution in [2.75, 3.05) is 16.4 Å². The minimum Gasteiger partial charge on any atom is -0.383 e. The number of hydrogen-bond acceptors (Lipinski definition) is 5. The molecular weight excluding hydrogens is 482 g/mol. The summed E-state index contributed by atoms with van der Waals surface area (Å²) in [7, 11) is 0. The lowest BCUT2D eigenvalue weighted by Gasteiger charge is -2.13. The van der Waals surface area contributed by atoms with Crippen LogP contribution in [0.1, 0.15) is 10.4 Å². The van der Waals surface area contributed by atoms with Gasteiger partial charge in [-0.25, -0.2) is 19.2 Å². The van der Waals surface area contributed by atoms with Crippen molar-refractivity contribution in [1.82, 2.24) is 9.97 Å². The van der Waals surface area contributed by atoms with Gasteiger partial charge in [0, 0.05) is 10.4 Å². The first-order valence-electron chi connectivity index (χ1n) is 9.29. The standard InChI is InChI=1S/C21H14ClF4N5OS/c1-9-16(17-18(27)28-8-29-19(17)33-9)10-2-5-14(12(22)6-10)30-20(32)31-15-7-11(21(24,25)26)3-4-13(15)23/h2-8H,1H3,(H2,27,28,29)(H2,30,31,32). The number of nitrogens with one attached hydrogen (secondary N) is 2. The molecule has 33 heavy (non-hydrogen) atoms. The molecule has 0 unspecified atom stereocenters. The highest BCUT2D eigenvalue weighted by atomic mass is 35.5. The van der Waals surface area contributed by atoms with Crippen molar-refractivity contribution in [3.05, 3.63) is 64.0 Å². The number of fused-ring (bicyclic) bond motifs is 1. The molecule has 2 aromatic carbocycles. The third kappa shape index (κ3) is 4.55. The minimum absolute atomic E-state index is 0.154. The van der Waals surface area contributed by atoms with Crippen LogP contribution in [0, 0.1) is 12.7 Å². The van der Waals surface area contributed by atoms with Gasteiger partial charge in [0.2, 0.25) is 0 Å². The Bertz CT molecular complexity index is 1390. The predicted octanol–water partition coefficient (Wildman–Crippen LogP) is 6.70. The van der Waals surface area contributed by atoms with Gasteiger partial charge in [-0.2, -0.15) is 13.2 Å². The van der Waals surface area contributed by atoms with Gasteiger partial charge in [0.15, 0.2) is 0 Å². The molecule has 4 rings (SSSR count). The quantitative estimate of drug-likeness (QED) is 0.275. The topological polar surface area (TPSA) is 92.9 Å². The Hall–Kier alpha value is -3.44. The minimum atomic E-state index is -4.68. The molecule has 170 valence electrons. The van der Waals surface area contributed by atoms with Crippen LogP contribution < -0.4 is 16.4 Å². The number of thiophene rings is 1. The van der Waals surface area contributed by atoms with Gasteiger partial charge in [-0.15, -0.1) is 11.3 Å². The van der Waals surface area contributed by atoms with Crippen molar-refractivity contribution < 1.29 is 22.4 Å². The number of nitrogens with zero attached hydrogens (tertiary/aromatic N) is 2. The van der Waals surface area contributed by atoms with Crippen LogP contribution in [0.5, 0.6) is 0 Å². The van der Waals surface area contributed by atoms with Crippen LogP contribution in [0.25, 0.3) is 21.3 Å².